The maximum atomic E-state index is 11.6. The van der Waals surface area contributed by atoms with Crippen LogP contribution in [-0.2, 0) is 0 Å². The number of ether oxygens (including phenoxy) is 1. The fraction of sp³-hybridized carbons (Fsp3) is 0.0625. The molecule has 3 aromatic rings. The number of carbonyl (C=O) groups excluding carboxylic acids is 1. The fourth-order valence-corrected chi connectivity index (χ4v) is 2.14. The quantitative estimate of drug-likeness (QED) is 0.798. The van der Waals surface area contributed by atoms with Crippen LogP contribution in [0, 0.1) is 0 Å². The van der Waals surface area contributed by atoms with Gasteiger partial charge >= 0.3 is 0 Å². The number of rotatable bonds is 3. The van der Waals surface area contributed by atoms with Gasteiger partial charge in [0.05, 0.1) is 30.1 Å². The Morgan fingerprint density at radius 2 is 1.95 bits per heavy atom. The molecule has 2 aromatic carbocycles. The van der Waals surface area contributed by atoms with Crippen molar-refractivity contribution in [3.8, 4) is 17.0 Å². The maximum absolute atomic E-state index is 11.6. The van der Waals surface area contributed by atoms with Crippen LogP contribution < -0.4 is 10.5 Å². The Balaban J connectivity index is 2.25. The second-order valence-electron chi connectivity index (χ2n) is 4.53. The summed E-state index contributed by atoms with van der Waals surface area (Å²) in [6, 6.07) is 12.9. The van der Waals surface area contributed by atoms with E-state index < -0.39 is 5.91 Å². The highest BCUT2D eigenvalue weighted by molar-refractivity contribution is 6.04. The first-order chi connectivity index (χ1) is 10.2. The first-order valence-electron chi connectivity index (χ1n) is 6.39. The van der Waals surface area contributed by atoms with Gasteiger partial charge in [-0.2, -0.15) is 0 Å². The highest BCUT2D eigenvalue weighted by Crippen LogP contribution is 2.25. The molecule has 0 aliphatic carbocycles. The summed E-state index contributed by atoms with van der Waals surface area (Å²) in [6.07, 6.45) is 1.67. The molecule has 0 bridgehead atoms. The molecule has 0 aliphatic rings. The van der Waals surface area contributed by atoms with Crippen LogP contribution in [0.4, 0.5) is 0 Å². The first kappa shape index (κ1) is 13.1. The zero-order chi connectivity index (χ0) is 14.8. The fourth-order valence-electron chi connectivity index (χ4n) is 2.14. The lowest BCUT2D eigenvalue weighted by molar-refractivity contribution is 0.100. The Labute approximate surface area is 121 Å². The van der Waals surface area contributed by atoms with Crippen molar-refractivity contribution in [3.05, 3.63) is 54.2 Å². The number of primary amides is 1. The van der Waals surface area contributed by atoms with Crippen LogP contribution in [-0.4, -0.2) is 23.0 Å². The topological polar surface area (TPSA) is 78.1 Å². The number of nitrogens with zero attached hydrogens (tertiary/aromatic N) is 2. The summed E-state index contributed by atoms with van der Waals surface area (Å²) in [4.78, 5) is 20.5. The summed E-state index contributed by atoms with van der Waals surface area (Å²) in [5.41, 5.74) is 8.40. The van der Waals surface area contributed by atoms with Crippen molar-refractivity contribution >= 4 is 16.9 Å². The lowest BCUT2D eigenvalue weighted by atomic mass is 10.1. The molecule has 1 heterocycles. The Kier molecular flexibility index (Phi) is 3.23. The summed E-state index contributed by atoms with van der Waals surface area (Å²) >= 11 is 0. The molecule has 2 N–H and O–H groups in total. The van der Waals surface area contributed by atoms with Crippen molar-refractivity contribution in [3.63, 3.8) is 0 Å². The minimum atomic E-state index is -0.557. The van der Waals surface area contributed by atoms with Crippen molar-refractivity contribution in [1.82, 2.24) is 9.97 Å². The molecule has 1 aromatic heterocycles. The van der Waals surface area contributed by atoms with Crippen molar-refractivity contribution < 1.29 is 9.53 Å². The zero-order valence-electron chi connectivity index (χ0n) is 11.4. The third-order valence-corrected chi connectivity index (χ3v) is 3.19. The predicted molar refractivity (Wildman–Crippen MR) is 80.0 cm³/mol. The van der Waals surface area contributed by atoms with Crippen molar-refractivity contribution in [2.24, 2.45) is 5.73 Å². The summed E-state index contributed by atoms with van der Waals surface area (Å²) < 4.78 is 5.15. The third-order valence-electron chi connectivity index (χ3n) is 3.19. The second-order valence-corrected chi connectivity index (χ2v) is 4.53. The molecule has 21 heavy (non-hydrogen) atoms. The van der Waals surface area contributed by atoms with E-state index in [4.69, 9.17) is 10.5 Å². The van der Waals surface area contributed by atoms with Gasteiger partial charge in [0.1, 0.15) is 11.3 Å². The molecule has 104 valence electrons. The molecule has 0 saturated carbocycles. The third kappa shape index (κ3) is 2.41. The molecule has 0 spiro atoms. The maximum Gasteiger partial charge on any atom is 0.251 e. The van der Waals surface area contributed by atoms with E-state index in [-0.39, 0.29) is 0 Å². The van der Waals surface area contributed by atoms with Gasteiger partial charge in [-0.05, 0) is 6.07 Å². The Hall–Kier alpha value is -2.95. The van der Waals surface area contributed by atoms with Crippen molar-refractivity contribution in [2.75, 3.05) is 7.11 Å². The Bertz CT molecular complexity index is 816. The van der Waals surface area contributed by atoms with E-state index in [2.05, 4.69) is 9.97 Å². The monoisotopic (exact) mass is 279 g/mol. The lowest BCUT2D eigenvalue weighted by Gasteiger charge is -2.08. The molecule has 0 unspecified atom stereocenters. The molecule has 0 atom stereocenters. The summed E-state index contributed by atoms with van der Waals surface area (Å²) in [6.45, 7) is 0. The van der Waals surface area contributed by atoms with E-state index in [0.717, 1.165) is 5.56 Å². The molecule has 3 rings (SSSR count). The number of carbonyl (C=O) groups is 1. The normalized spacial score (nSPS) is 10.5. The molecule has 0 radical (unpaired) electrons. The highest BCUT2D eigenvalue weighted by Gasteiger charge is 2.13. The van der Waals surface area contributed by atoms with Crippen LogP contribution in [0.5, 0.6) is 5.75 Å². The summed E-state index contributed by atoms with van der Waals surface area (Å²) in [5.74, 6) is -0.0310. The Morgan fingerprint density at radius 3 is 2.62 bits per heavy atom. The SMILES string of the molecule is COc1cc(C(N)=O)c2nc(-c3ccccc3)cnc2c1. The smallest absolute Gasteiger partial charge is 0.251 e. The van der Waals surface area contributed by atoms with E-state index in [0.29, 0.717) is 28.0 Å². The number of nitrogens with two attached hydrogens (primary N) is 1. The average molecular weight is 279 g/mol. The molecule has 5 nitrogen and oxygen atoms in total. The van der Waals surface area contributed by atoms with Crippen LogP contribution in [0.1, 0.15) is 10.4 Å². The van der Waals surface area contributed by atoms with E-state index >= 15 is 0 Å². The van der Waals surface area contributed by atoms with Gasteiger partial charge in [-0.1, -0.05) is 30.3 Å². The summed E-state index contributed by atoms with van der Waals surface area (Å²) in [5, 5.41) is 0. The van der Waals surface area contributed by atoms with Gasteiger partial charge < -0.3 is 10.5 Å². The molecule has 0 saturated heterocycles. The van der Waals surface area contributed by atoms with Gasteiger partial charge in [0.2, 0.25) is 0 Å². The van der Waals surface area contributed by atoms with Gasteiger partial charge in [-0.15, -0.1) is 0 Å². The molecule has 0 aliphatic heterocycles. The van der Waals surface area contributed by atoms with Crippen LogP contribution in [0.25, 0.3) is 22.3 Å². The molecule has 5 heteroatoms. The van der Waals surface area contributed by atoms with Gasteiger partial charge in [-0.3, -0.25) is 9.78 Å². The van der Waals surface area contributed by atoms with Crippen molar-refractivity contribution in [1.29, 1.82) is 0 Å². The van der Waals surface area contributed by atoms with E-state index in [1.54, 1.807) is 18.3 Å². The summed E-state index contributed by atoms with van der Waals surface area (Å²) in [7, 11) is 1.53. The van der Waals surface area contributed by atoms with Gasteiger partial charge in [0.15, 0.2) is 0 Å². The number of amides is 1. The van der Waals surface area contributed by atoms with Crippen LogP contribution >= 0.6 is 0 Å². The number of benzene rings is 2. The minimum absolute atomic E-state index is 0.301. The number of fused-ring (bicyclic) bond motifs is 1. The van der Waals surface area contributed by atoms with Crippen molar-refractivity contribution in [2.45, 2.75) is 0 Å². The van der Waals surface area contributed by atoms with Crippen LogP contribution in [0.15, 0.2) is 48.7 Å². The van der Waals surface area contributed by atoms with Crippen LogP contribution in [0.2, 0.25) is 0 Å². The lowest BCUT2D eigenvalue weighted by Crippen LogP contribution is -2.12. The second kappa shape index (κ2) is 5.20. The Morgan fingerprint density at radius 1 is 1.19 bits per heavy atom. The minimum Gasteiger partial charge on any atom is -0.497 e. The van der Waals surface area contributed by atoms with E-state index in [9.17, 15) is 4.79 Å². The molecular formula is C16H13N3O2. The molecule has 1 amide bonds. The molecule has 0 fully saturated rings. The average Bonchev–Trinajstić information content (AvgIpc) is 2.54. The van der Waals surface area contributed by atoms with E-state index in [1.165, 1.54) is 7.11 Å². The standard InChI is InChI=1S/C16H13N3O2/c1-21-11-7-12(16(17)20)15-13(8-11)18-9-14(19-15)10-5-3-2-4-6-10/h2-9H,1H3,(H2,17,20). The number of hydrogen-bond donors (Lipinski definition) is 1. The van der Waals surface area contributed by atoms with Crippen LogP contribution in [0.3, 0.4) is 0 Å². The van der Waals surface area contributed by atoms with Gasteiger partial charge in [0.25, 0.3) is 5.91 Å². The first-order valence-corrected chi connectivity index (χ1v) is 6.39. The number of aromatic nitrogens is 2. The highest BCUT2D eigenvalue weighted by atomic mass is 16.5. The van der Waals surface area contributed by atoms with Gasteiger partial charge in [-0.25, -0.2) is 4.98 Å². The number of hydrogen-bond acceptors (Lipinski definition) is 4. The van der Waals surface area contributed by atoms with E-state index in [1.807, 2.05) is 30.3 Å². The number of methoxy groups -OCH3 is 1. The largest absolute Gasteiger partial charge is 0.497 e. The predicted octanol–water partition coefficient (Wildman–Crippen LogP) is 2.40. The zero-order valence-corrected chi connectivity index (χ0v) is 11.4. The van der Waals surface area contributed by atoms with Gasteiger partial charge in [0, 0.05) is 11.6 Å². The molecular weight excluding hydrogens is 266 g/mol.